The van der Waals surface area contributed by atoms with E-state index >= 15 is 0 Å². The Morgan fingerprint density at radius 3 is 3.13 bits per heavy atom. The van der Waals surface area contributed by atoms with Gasteiger partial charge in [0, 0.05) is 31.2 Å². The van der Waals surface area contributed by atoms with Crippen molar-refractivity contribution in [3.05, 3.63) is 23.9 Å². The average Bonchev–Trinajstić information content (AvgIpc) is 2.70. The summed E-state index contributed by atoms with van der Waals surface area (Å²) in [6, 6.07) is 0. The minimum Gasteiger partial charge on any atom is -0.466 e. The Labute approximate surface area is 88.6 Å². The molecule has 3 unspecified atom stereocenters. The molecule has 15 heavy (non-hydrogen) atoms. The number of carbonyl (C=O) groups excluding carboxylic acids is 1. The van der Waals surface area contributed by atoms with E-state index in [0.29, 0.717) is 5.57 Å². The number of hydrogen-bond acceptors (Lipinski definition) is 4. The first-order valence-corrected chi connectivity index (χ1v) is 5.09. The highest BCUT2D eigenvalue weighted by Crippen LogP contribution is 2.37. The fraction of sp³-hybridized carbons (Fsp3) is 0.545. The molecule has 0 radical (unpaired) electrons. The van der Waals surface area contributed by atoms with Crippen LogP contribution in [0.15, 0.2) is 23.9 Å². The summed E-state index contributed by atoms with van der Waals surface area (Å²) in [7, 11) is 1.38. The van der Waals surface area contributed by atoms with Gasteiger partial charge in [-0.1, -0.05) is 12.2 Å². The summed E-state index contributed by atoms with van der Waals surface area (Å²) in [6.07, 6.45) is 5.70. The molecule has 1 heterocycles. The molecule has 0 aromatic rings. The van der Waals surface area contributed by atoms with Crippen LogP contribution in [0.25, 0.3) is 0 Å². The van der Waals surface area contributed by atoms with Crippen molar-refractivity contribution in [2.75, 3.05) is 20.3 Å². The summed E-state index contributed by atoms with van der Waals surface area (Å²) in [5.41, 5.74) is 0.654. The second-order valence-electron chi connectivity index (χ2n) is 3.92. The van der Waals surface area contributed by atoms with Crippen molar-refractivity contribution in [2.24, 2.45) is 17.8 Å². The number of ether oxygens (including phenoxy) is 1. The normalized spacial score (nSPS) is 32.9. The van der Waals surface area contributed by atoms with E-state index in [0.717, 1.165) is 6.54 Å². The summed E-state index contributed by atoms with van der Waals surface area (Å²) in [6.45, 7) is 0.928. The van der Waals surface area contributed by atoms with Crippen molar-refractivity contribution in [1.82, 2.24) is 5.32 Å². The van der Waals surface area contributed by atoms with Crippen LogP contribution < -0.4 is 5.32 Å². The zero-order chi connectivity index (χ0) is 10.8. The third-order valence-electron chi connectivity index (χ3n) is 3.18. The Kier molecular flexibility index (Phi) is 2.77. The largest absolute Gasteiger partial charge is 0.466 e. The van der Waals surface area contributed by atoms with Crippen molar-refractivity contribution in [2.45, 2.75) is 0 Å². The van der Waals surface area contributed by atoms with Crippen molar-refractivity contribution < 1.29 is 14.6 Å². The van der Waals surface area contributed by atoms with Gasteiger partial charge in [-0.25, -0.2) is 4.79 Å². The Hall–Kier alpha value is -1.29. The van der Waals surface area contributed by atoms with Crippen molar-refractivity contribution >= 4 is 5.97 Å². The van der Waals surface area contributed by atoms with E-state index in [-0.39, 0.29) is 30.3 Å². The maximum Gasteiger partial charge on any atom is 0.335 e. The third kappa shape index (κ3) is 1.65. The summed E-state index contributed by atoms with van der Waals surface area (Å²) in [5, 5.41) is 12.2. The highest BCUT2D eigenvalue weighted by Gasteiger charge is 2.37. The Bertz CT molecular complexity index is 322. The first-order valence-electron chi connectivity index (χ1n) is 5.09. The van der Waals surface area contributed by atoms with Gasteiger partial charge in [-0.15, -0.1) is 0 Å². The lowest BCUT2D eigenvalue weighted by atomic mass is 9.82. The molecule has 0 fully saturated rings. The predicted octanol–water partition coefficient (Wildman–Crippen LogP) is 0.0572. The zero-order valence-electron chi connectivity index (χ0n) is 8.64. The number of rotatable bonds is 2. The second kappa shape index (κ2) is 4.06. The molecule has 0 aromatic carbocycles. The van der Waals surface area contributed by atoms with Gasteiger partial charge in [0.2, 0.25) is 0 Å². The average molecular weight is 209 g/mol. The van der Waals surface area contributed by atoms with E-state index in [2.05, 4.69) is 5.32 Å². The van der Waals surface area contributed by atoms with Gasteiger partial charge in [-0.3, -0.25) is 0 Å². The Balaban J connectivity index is 2.19. The standard InChI is InChI=1S/C11H15NO3/c1-15-11(14)10-5-12-4-9-7(6-13)2-3-8(9)10/h2-3,5,7-9,12-13H,4,6H2,1H3. The van der Waals surface area contributed by atoms with Crippen LogP contribution >= 0.6 is 0 Å². The highest BCUT2D eigenvalue weighted by molar-refractivity contribution is 5.89. The first-order chi connectivity index (χ1) is 7.27. The van der Waals surface area contributed by atoms with Gasteiger partial charge in [-0.05, 0) is 5.92 Å². The lowest BCUT2D eigenvalue weighted by molar-refractivity contribution is -0.136. The second-order valence-corrected chi connectivity index (χ2v) is 3.92. The predicted molar refractivity (Wildman–Crippen MR) is 54.8 cm³/mol. The molecule has 2 rings (SSSR count). The van der Waals surface area contributed by atoms with Gasteiger partial charge in [0.05, 0.1) is 12.7 Å². The number of nitrogens with one attached hydrogen (secondary N) is 1. The van der Waals surface area contributed by atoms with E-state index in [1.807, 2.05) is 12.2 Å². The number of hydrogen-bond donors (Lipinski definition) is 2. The molecule has 0 spiro atoms. The maximum absolute atomic E-state index is 11.5. The van der Waals surface area contributed by atoms with Crippen molar-refractivity contribution in [3.63, 3.8) is 0 Å². The lowest BCUT2D eigenvalue weighted by Gasteiger charge is -2.29. The number of esters is 1. The SMILES string of the molecule is COC(=O)C1=CNCC2C(CO)C=CC12. The van der Waals surface area contributed by atoms with Crippen LogP contribution in [0, 0.1) is 17.8 Å². The van der Waals surface area contributed by atoms with E-state index in [9.17, 15) is 9.90 Å². The molecule has 0 saturated carbocycles. The number of methoxy groups -OCH3 is 1. The third-order valence-corrected chi connectivity index (χ3v) is 3.18. The molecular formula is C11H15NO3. The van der Waals surface area contributed by atoms with Gasteiger partial charge in [-0.2, -0.15) is 0 Å². The zero-order valence-corrected chi connectivity index (χ0v) is 8.64. The molecule has 0 amide bonds. The fourth-order valence-electron chi connectivity index (χ4n) is 2.34. The Morgan fingerprint density at radius 1 is 1.67 bits per heavy atom. The highest BCUT2D eigenvalue weighted by atomic mass is 16.5. The maximum atomic E-state index is 11.5. The molecule has 0 saturated heterocycles. The molecule has 1 aliphatic heterocycles. The molecule has 0 bridgehead atoms. The van der Waals surface area contributed by atoms with Crippen LogP contribution in [0.3, 0.4) is 0 Å². The summed E-state index contributed by atoms with van der Waals surface area (Å²) in [4.78, 5) is 11.5. The Morgan fingerprint density at radius 2 is 2.47 bits per heavy atom. The van der Waals surface area contributed by atoms with Gasteiger partial charge in [0.25, 0.3) is 0 Å². The molecule has 1 aliphatic carbocycles. The van der Waals surface area contributed by atoms with Gasteiger partial charge >= 0.3 is 5.97 Å². The first kappa shape index (κ1) is 10.2. The molecule has 4 nitrogen and oxygen atoms in total. The quantitative estimate of drug-likeness (QED) is 0.498. The van der Waals surface area contributed by atoms with E-state index < -0.39 is 0 Å². The summed E-state index contributed by atoms with van der Waals surface area (Å²) in [5.74, 6) is 0.223. The van der Waals surface area contributed by atoms with E-state index in [1.54, 1.807) is 6.20 Å². The number of carbonyl (C=O) groups is 1. The van der Waals surface area contributed by atoms with Crippen LogP contribution in [0.4, 0.5) is 0 Å². The molecule has 2 N–H and O–H groups in total. The number of aliphatic hydroxyl groups is 1. The molecule has 0 aromatic heterocycles. The number of aliphatic hydroxyl groups excluding tert-OH is 1. The molecular weight excluding hydrogens is 194 g/mol. The molecule has 3 atom stereocenters. The topological polar surface area (TPSA) is 58.6 Å². The van der Waals surface area contributed by atoms with E-state index in [4.69, 9.17) is 4.74 Å². The number of fused-ring (bicyclic) bond motifs is 1. The van der Waals surface area contributed by atoms with Gasteiger partial charge in [0.15, 0.2) is 0 Å². The van der Waals surface area contributed by atoms with Crippen LogP contribution in [-0.4, -0.2) is 31.3 Å². The smallest absolute Gasteiger partial charge is 0.335 e. The van der Waals surface area contributed by atoms with E-state index in [1.165, 1.54) is 7.11 Å². The van der Waals surface area contributed by atoms with Crippen molar-refractivity contribution in [3.8, 4) is 0 Å². The van der Waals surface area contributed by atoms with Crippen LogP contribution in [0.5, 0.6) is 0 Å². The van der Waals surface area contributed by atoms with Crippen molar-refractivity contribution in [1.29, 1.82) is 0 Å². The summed E-state index contributed by atoms with van der Waals surface area (Å²) >= 11 is 0. The monoisotopic (exact) mass is 209 g/mol. The van der Waals surface area contributed by atoms with Crippen LogP contribution in [0.2, 0.25) is 0 Å². The number of allylic oxidation sites excluding steroid dienone is 1. The fourth-order valence-corrected chi connectivity index (χ4v) is 2.34. The minimum atomic E-state index is -0.291. The van der Waals surface area contributed by atoms with Crippen LogP contribution in [-0.2, 0) is 9.53 Å². The van der Waals surface area contributed by atoms with Gasteiger partial charge < -0.3 is 15.2 Å². The molecule has 82 valence electrons. The minimum absolute atomic E-state index is 0.0934. The lowest BCUT2D eigenvalue weighted by Crippen LogP contribution is -2.36. The summed E-state index contributed by atoms with van der Waals surface area (Å²) < 4.78 is 4.72. The van der Waals surface area contributed by atoms with Gasteiger partial charge in [0.1, 0.15) is 0 Å². The molecule has 4 heteroatoms. The molecule has 2 aliphatic rings. The van der Waals surface area contributed by atoms with Crippen LogP contribution in [0.1, 0.15) is 0 Å².